The number of benzene rings is 1. The largest absolute Gasteiger partial charge is 0.364 e. The molecule has 0 radical (unpaired) electrons. The van der Waals surface area contributed by atoms with E-state index in [9.17, 15) is 18.8 Å². The van der Waals surface area contributed by atoms with Crippen molar-refractivity contribution in [3.05, 3.63) is 41.5 Å². The van der Waals surface area contributed by atoms with Gasteiger partial charge in [-0.1, -0.05) is 19.8 Å². The molecule has 2 amide bonds. The van der Waals surface area contributed by atoms with Crippen molar-refractivity contribution in [3.63, 3.8) is 0 Å². The van der Waals surface area contributed by atoms with E-state index >= 15 is 0 Å². The molecule has 1 atom stereocenters. The van der Waals surface area contributed by atoms with E-state index in [1.54, 1.807) is 12.1 Å². The van der Waals surface area contributed by atoms with E-state index in [0.717, 1.165) is 19.3 Å². The molecule has 0 spiro atoms. The van der Waals surface area contributed by atoms with Gasteiger partial charge in [-0.25, -0.2) is 9.37 Å². The zero-order valence-electron chi connectivity index (χ0n) is 19.2. The fourth-order valence-corrected chi connectivity index (χ4v) is 4.04. The van der Waals surface area contributed by atoms with Crippen LogP contribution in [-0.2, 0) is 9.59 Å². The van der Waals surface area contributed by atoms with Gasteiger partial charge in [-0.05, 0) is 44.2 Å². The lowest BCUT2D eigenvalue weighted by atomic mass is 9.97. The summed E-state index contributed by atoms with van der Waals surface area (Å²) >= 11 is 0. The quantitative estimate of drug-likeness (QED) is 0.423. The Morgan fingerprint density at radius 3 is 2.52 bits per heavy atom. The van der Waals surface area contributed by atoms with Crippen molar-refractivity contribution in [1.29, 1.82) is 0 Å². The number of halogens is 1. The van der Waals surface area contributed by atoms with Gasteiger partial charge in [0.05, 0.1) is 17.7 Å². The molecule has 4 N–H and O–H groups in total. The first-order valence-electron chi connectivity index (χ1n) is 11.4. The van der Waals surface area contributed by atoms with Gasteiger partial charge >= 0.3 is 0 Å². The first kappa shape index (κ1) is 24.6. The second kappa shape index (κ2) is 11.2. The Balaban J connectivity index is 1.79. The Labute approximate surface area is 193 Å². The number of primary amides is 1. The number of carbonyl (C=O) groups is 3. The Morgan fingerprint density at radius 1 is 1.21 bits per heavy atom. The van der Waals surface area contributed by atoms with Crippen molar-refractivity contribution < 1.29 is 18.8 Å². The van der Waals surface area contributed by atoms with E-state index < -0.39 is 11.9 Å². The van der Waals surface area contributed by atoms with Crippen molar-refractivity contribution in [3.8, 4) is 11.4 Å². The molecule has 1 aliphatic rings. The Kier molecular flexibility index (Phi) is 8.32. The van der Waals surface area contributed by atoms with Crippen molar-refractivity contribution in [2.75, 3.05) is 20.1 Å². The molecule has 1 aromatic carbocycles. The van der Waals surface area contributed by atoms with Crippen LogP contribution in [0.3, 0.4) is 0 Å². The van der Waals surface area contributed by atoms with E-state index in [-0.39, 0.29) is 29.1 Å². The third kappa shape index (κ3) is 6.47. The van der Waals surface area contributed by atoms with Crippen LogP contribution in [0.1, 0.15) is 67.7 Å². The molecule has 0 aliphatic carbocycles. The SMILES string of the molecule is CCC(=O)CCCCC[C@H](NC(=O)C1CN(C)C1)c1[nH]c(-c2ccc(F)cc2)nc1C(N)=O. The molecule has 1 aromatic heterocycles. The summed E-state index contributed by atoms with van der Waals surface area (Å²) in [7, 11) is 1.95. The molecule has 3 rings (SSSR count). The minimum Gasteiger partial charge on any atom is -0.364 e. The number of Topliss-reactive ketones (excluding diaryl/α,β-unsaturated/α-hetero) is 1. The zero-order valence-corrected chi connectivity index (χ0v) is 19.2. The number of carbonyl (C=O) groups excluding carboxylic acids is 3. The van der Waals surface area contributed by atoms with Gasteiger partial charge in [-0.15, -0.1) is 0 Å². The van der Waals surface area contributed by atoms with Crippen molar-refractivity contribution in [2.24, 2.45) is 11.7 Å². The normalized spacial score (nSPS) is 15.1. The van der Waals surface area contributed by atoms with E-state index in [4.69, 9.17) is 5.73 Å². The summed E-state index contributed by atoms with van der Waals surface area (Å²) in [6.45, 7) is 3.22. The third-order valence-corrected chi connectivity index (χ3v) is 6.03. The molecule has 0 saturated carbocycles. The van der Waals surface area contributed by atoms with Crippen LogP contribution >= 0.6 is 0 Å². The second-order valence-electron chi connectivity index (χ2n) is 8.69. The lowest BCUT2D eigenvalue weighted by molar-refractivity contribution is -0.130. The number of aromatic nitrogens is 2. The maximum Gasteiger partial charge on any atom is 0.269 e. The highest BCUT2D eigenvalue weighted by atomic mass is 19.1. The molecule has 2 aromatic rings. The number of nitrogens with two attached hydrogens (primary N) is 1. The topological polar surface area (TPSA) is 121 Å². The predicted molar refractivity (Wildman–Crippen MR) is 123 cm³/mol. The van der Waals surface area contributed by atoms with Crippen molar-refractivity contribution in [2.45, 2.75) is 51.5 Å². The number of aromatic amines is 1. The average molecular weight is 458 g/mol. The van der Waals surface area contributed by atoms with E-state index in [2.05, 4.69) is 20.2 Å². The van der Waals surface area contributed by atoms with E-state index in [0.29, 0.717) is 49.4 Å². The smallest absolute Gasteiger partial charge is 0.269 e. The van der Waals surface area contributed by atoms with Crippen molar-refractivity contribution in [1.82, 2.24) is 20.2 Å². The molecule has 8 nitrogen and oxygen atoms in total. The van der Waals surface area contributed by atoms with Crippen LogP contribution in [0.2, 0.25) is 0 Å². The highest BCUT2D eigenvalue weighted by molar-refractivity contribution is 5.93. The van der Waals surface area contributed by atoms with Crippen LogP contribution in [-0.4, -0.2) is 52.6 Å². The van der Waals surface area contributed by atoms with Gasteiger partial charge < -0.3 is 20.9 Å². The third-order valence-electron chi connectivity index (χ3n) is 6.03. The average Bonchev–Trinajstić information content (AvgIpc) is 3.21. The van der Waals surface area contributed by atoms with Crippen LogP contribution in [0.25, 0.3) is 11.4 Å². The van der Waals surface area contributed by atoms with Gasteiger partial charge in [-0.2, -0.15) is 0 Å². The van der Waals surface area contributed by atoms with Gasteiger partial charge in [-0.3, -0.25) is 14.4 Å². The number of likely N-dealkylation sites (tertiary alicyclic amines) is 1. The van der Waals surface area contributed by atoms with Gasteiger partial charge in [0.15, 0.2) is 5.69 Å². The molecule has 9 heteroatoms. The Hall–Kier alpha value is -3.07. The first-order valence-corrected chi connectivity index (χ1v) is 11.4. The van der Waals surface area contributed by atoms with Crippen LogP contribution < -0.4 is 11.1 Å². The lowest BCUT2D eigenvalue weighted by Gasteiger charge is -2.35. The Morgan fingerprint density at radius 2 is 1.91 bits per heavy atom. The fourth-order valence-electron chi connectivity index (χ4n) is 4.04. The number of nitrogens with zero attached hydrogens (tertiary/aromatic N) is 2. The van der Waals surface area contributed by atoms with Gasteiger partial charge in [0.25, 0.3) is 5.91 Å². The summed E-state index contributed by atoms with van der Waals surface area (Å²) in [5, 5.41) is 3.06. The van der Waals surface area contributed by atoms with Gasteiger partial charge in [0, 0.05) is 31.5 Å². The van der Waals surface area contributed by atoms with Crippen LogP contribution in [0.5, 0.6) is 0 Å². The van der Waals surface area contributed by atoms with Crippen molar-refractivity contribution >= 4 is 17.6 Å². The number of ketones is 1. The fraction of sp³-hybridized carbons (Fsp3) is 0.500. The molecule has 1 aliphatic heterocycles. The van der Waals surface area contributed by atoms with E-state index in [1.165, 1.54) is 12.1 Å². The molecule has 33 heavy (non-hydrogen) atoms. The molecule has 1 saturated heterocycles. The molecule has 2 heterocycles. The number of unbranched alkanes of at least 4 members (excludes halogenated alkanes) is 2. The summed E-state index contributed by atoms with van der Waals surface area (Å²) in [6, 6.07) is 5.27. The molecule has 0 unspecified atom stereocenters. The minimum atomic E-state index is -0.703. The Bertz CT molecular complexity index is 982. The highest BCUT2D eigenvalue weighted by Gasteiger charge is 2.33. The summed E-state index contributed by atoms with van der Waals surface area (Å²) in [4.78, 5) is 46.1. The monoisotopic (exact) mass is 457 g/mol. The summed E-state index contributed by atoms with van der Waals surface area (Å²) < 4.78 is 13.3. The summed E-state index contributed by atoms with van der Waals surface area (Å²) in [5.74, 6) is -0.634. The maximum absolute atomic E-state index is 13.3. The maximum atomic E-state index is 13.3. The highest BCUT2D eigenvalue weighted by Crippen LogP contribution is 2.27. The second-order valence-corrected chi connectivity index (χ2v) is 8.69. The van der Waals surface area contributed by atoms with E-state index in [1.807, 2.05) is 14.0 Å². The number of H-pyrrole nitrogens is 1. The standard InChI is InChI=1S/C24H32FN5O3/c1-3-18(31)7-5-4-6-8-19(27-24(33)16-13-30(2)14-16)20-21(22(26)32)29-23(28-20)15-9-11-17(25)12-10-15/h9-12,16,19H,3-8,13-14H2,1-2H3,(H2,26,32)(H,27,33)(H,28,29)/t19-/m0/s1. The summed E-state index contributed by atoms with van der Waals surface area (Å²) in [6.07, 6.45) is 4.03. The number of hydrogen-bond donors (Lipinski definition) is 3. The lowest BCUT2D eigenvalue weighted by Crippen LogP contribution is -2.52. The van der Waals surface area contributed by atoms with Crippen LogP contribution in [0.4, 0.5) is 4.39 Å². The first-order chi connectivity index (χ1) is 15.8. The summed E-state index contributed by atoms with van der Waals surface area (Å²) in [5.41, 5.74) is 6.72. The minimum absolute atomic E-state index is 0.0616. The number of rotatable bonds is 12. The van der Waals surface area contributed by atoms with Gasteiger partial charge in [0.1, 0.15) is 17.4 Å². The van der Waals surface area contributed by atoms with Gasteiger partial charge in [0.2, 0.25) is 5.91 Å². The molecule has 1 fully saturated rings. The molecule has 0 bridgehead atoms. The molecule has 178 valence electrons. The number of amides is 2. The molecular formula is C24H32FN5O3. The predicted octanol–water partition coefficient (Wildman–Crippen LogP) is 2.96. The number of hydrogen-bond acceptors (Lipinski definition) is 5. The van der Waals surface area contributed by atoms with Crippen LogP contribution in [0, 0.1) is 11.7 Å². The van der Waals surface area contributed by atoms with Crippen LogP contribution in [0.15, 0.2) is 24.3 Å². The molecular weight excluding hydrogens is 425 g/mol. The zero-order chi connectivity index (χ0) is 24.0. The number of imidazole rings is 1. The number of nitrogens with one attached hydrogen (secondary N) is 2.